The fourth-order valence-electron chi connectivity index (χ4n) is 13.3. The van der Waals surface area contributed by atoms with E-state index >= 15 is 0 Å². The summed E-state index contributed by atoms with van der Waals surface area (Å²) < 4.78 is 203. The van der Waals surface area contributed by atoms with Crippen LogP contribution in [0.3, 0.4) is 0 Å². The number of aliphatic hydroxyl groups excluding tert-OH is 1. The number of aromatic nitrogens is 2. The summed E-state index contributed by atoms with van der Waals surface area (Å²) in [6.07, 6.45) is 10.4. The fourth-order valence-corrected chi connectivity index (χ4v) is 19.2. The number of nitrogens with two attached hydrogens (primary N) is 2. The highest BCUT2D eigenvalue weighted by Crippen LogP contribution is 2.68. The molecule has 0 aliphatic carbocycles. The quantitative estimate of drug-likeness (QED) is 0.00583. The summed E-state index contributed by atoms with van der Waals surface area (Å²) in [5, 5.41) is 14.5. The third-order valence-electron chi connectivity index (χ3n) is 18.1. The lowest BCUT2D eigenvalue weighted by Crippen LogP contribution is -2.33. The number of benzene rings is 4. The van der Waals surface area contributed by atoms with Crippen LogP contribution in [0.25, 0.3) is 21.5 Å². The largest absolute Gasteiger partial charge is 0.490 e. The second-order valence-corrected chi connectivity index (χ2v) is 37.0. The molecule has 1 aromatic heterocycles. The lowest BCUT2D eigenvalue weighted by Gasteiger charge is -2.27. The summed E-state index contributed by atoms with van der Waals surface area (Å²) in [5.41, 5.74) is 12.2. The van der Waals surface area contributed by atoms with Gasteiger partial charge in [0, 0.05) is 90.8 Å². The number of carbonyl (C=O) groups is 2. The van der Waals surface area contributed by atoms with Gasteiger partial charge in [-0.25, -0.2) is 18.5 Å². The number of allylic oxidation sites excluding steroid dienone is 6. The molecule has 0 spiro atoms. The number of ether oxygens (including phenoxy) is 1. The molecular weight excluding hydrogens is 1520 g/mol. The molecular formula is C64H87N7O27P3S4+. The minimum absolute atomic E-state index is 0.00836. The molecule has 4 heterocycles. The molecule has 41 heteroatoms. The monoisotopic (exact) mass is 1610 g/mol. The molecule has 7 atom stereocenters. The van der Waals surface area contributed by atoms with Crippen molar-refractivity contribution in [3.05, 3.63) is 125 Å². The van der Waals surface area contributed by atoms with Gasteiger partial charge in [-0.1, -0.05) is 63.5 Å². The summed E-state index contributed by atoms with van der Waals surface area (Å²) >= 11 is 0. The number of phosphoric ester groups is 2. The van der Waals surface area contributed by atoms with E-state index in [1.165, 1.54) is 30.5 Å². The minimum Gasteiger partial charge on any atom is -0.390 e. The van der Waals surface area contributed by atoms with E-state index in [-0.39, 0.29) is 78.4 Å². The molecule has 1 fully saturated rings. The van der Waals surface area contributed by atoms with Crippen molar-refractivity contribution < 1.29 is 122 Å². The van der Waals surface area contributed by atoms with Gasteiger partial charge in [-0.2, -0.15) is 51.9 Å². The van der Waals surface area contributed by atoms with Crippen LogP contribution in [0.2, 0.25) is 0 Å². The lowest BCUT2D eigenvalue weighted by atomic mass is 9.79. The van der Waals surface area contributed by atoms with Crippen molar-refractivity contribution in [3.63, 3.8) is 0 Å². The highest BCUT2D eigenvalue weighted by molar-refractivity contribution is 7.87. The number of nitrogens with one attached hydrogen (secondary N) is 1. The summed E-state index contributed by atoms with van der Waals surface area (Å²) in [6.45, 7) is 7.04. The number of ketones is 1. The third kappa shape index (κ3) is 22.1. The number of carbonyl (C=O) groups excluding carboxylic acids is 2. The standard InChI is InChI=1S/C64H86N7O27P3S4/c1-63(2)55(70(32-17-35-102(82,83)84)50-26-23-42-22-24-45(103(85,86)87)37-48(42)59(50)63)20-10-7-11-21-56-64(3,4)60-49-38-46(104(88,89)90)39-54(105(91,92)93)47(49)25-27-51(60)69(56)31-15-8-9-19-44(72)36-43(18-12-13-29-65)61(74)67-30-14-5-6-16-34-94-99(76,77)97-101(80,81)98-100(78,79)95-41-53-52(73)40-58(96-53)71-33-28-57(66)68-62(71)75/h7,10-11,20-28,33,37-39,43,52-53,58,73H,5-6,8-9,12-19,29-32,34-36,40-41,65H2,1-4H3,(H9-,66,67,68,74,75,76,77,78,79,80,81,82,83,84,85,86,87,88,89,90,91,92,93)/p+1/t43?,52?,53-,58-/m1/s1. The molecule has 1 amide bonds. The molecule has 5 aromatic rings. The van der Waals surface area contributed by atoms with E-state index in [0.717, 1.165) is 10.6 Å². The van der Waals surface area contributed by atoms with Crippen LogP contribution < -0.4 is 27.4 Å². The van der Waals surface area contributed by atoms with E-state index in [9.17, 15) is 99.7 Å². The molecule has 8 rings (SSSR count). The Morgan fingerprint density at radius 2 is 1.41 bits per heavy atom. The molecule has 0 bridgehead atoms. The van der Waals surface area contributed by atoms with E-state index in [0.29, 0.717) is 122 Å². The van der Waals surface area contributed by atoms with Crippen LogP contribution in [-0.4, -0.2) is 161 Å². The zero-order valence-corrected chi connectivity index (χ0v) is 63.6. The predicted molar refractivity (Wildman–Crippen MR) is 385 cm³/mol. The van der Waals surface area contributed by atoms with Crippen LogP contribution in [0.4, 0.5) is 17.2 Å². The van der Waals surface area contributed by atoms with E-state index < -0.39 is 134 Å². The Morgan fingerprint density at radius 1 is 0.743 bits per heavy atom. The number of unbranched alkanes of at least 4 members (excludes halogenated alkanes) is 6. The maximum atomic E-state index is 13.6. The summed E-state index contributed by atoms with van der Waals surface area (Å²) in [5.74, 6) is -1.82. The molecule has 4 aromatic carbocycles. The van der Waals surface area contributed by atoms with E-state index in [2.05, 4.69) is 23.4 Å². The van der Waals surface area contributed by atoms with Gasteiger partial charge in [0.15, 0.2) is 5.71 Å². The number of Topliss-reactive ketones (excluding diaryl/α,β-unsaturated/α-hetero) is 1. The molecule has 0 saturated carbocycles. The van der Waals surface area contributed by atoms with E-state index in [1.807, 2.05) is 43.2 Å². The second-order valence-electron chi connectivity index (χ2n) is 26.5. The van der Waals surface area contributed by atoms with Crippen LogP contribution in [0, 0.1) is 5.92 Å². The first-order valence-electron chi connectivity index (χ1n) is 33.3. The van der Waals surface area contributed by atoms with Crippen LogP contribution in [0.1, 0.15) is 135 Å². The average Bonchev–Trinajstić information content (AvgIpc) is 1.59. The van der Waals surface area contributed by atoms with Crippen molar-refractivity contribution in [1.29, 1.82) is 0 Å². The van der Waals surface area contributed by atoms with Crippen LogP contribution in [-0.2, 0) is 97.0 Å². The number of anilines is 2. The number of hydrogen-bond donors (Lipinski definition) is 11. The number of phosphoric acid groups is 3. The number of hydrogen-bond acceptors (Lipinski definition) is 24. The van der Waals surface area contributed by atoms with E-state index in [4.69, 9.17) is 20.7 Å². The topological polar surface area (TPSA) is 535 Å². The van der Waals surface area contributed by atoms with Crippen molar-refractivity contribution in [2.24, 2.45) is 11.7 Å². The van der Waals surface area contributed by atoms with Gasteiger partial charge in [0.05, 0.1) is 40.3 Å². The smallest absolute Gasteiger partial charge is 0.390 e. The van der Waals surface area contributed by atoms with Crippen molar-refractivity contribution >= 4 is 120 Å². The maximum Gasteiger partial charge on any atom is 0.490 e. The number of nitrogens with zero attached hydrogens (tertiary/aromatic N) is 4. The number of aliphatic hydroxyl groups is 1. The summed E-state index contributed by atoms with van der Waals surface area (Å²) in [4.78, 5) is 73.1. The van der Waals surface area contributed by atoms with Crippen molar-refractivity contribution in [1.82, 2.24) is 14.9 Å². The van der Waals surface area contributed by atoms with Crippen molar-refractivity contribution in [2.75, 3.05) is 55.8 Å². The Morgan fingerprint density at radius 3 is 2.08 bits per heavy atom. The Hall–Kier alpha value is -6.16. The predicted octanol–water partition coefficient (Wildman–Crippen LogP) is 7.98. The number of rotatable bonds is 39. The summed E-state index contributed by atoms with van der Waals surface area (Å²) in [6, 6.07) is 14.0. The molecule has 578 valence electrons. The van der Waals surface area contributed by atoms with Crippen molar-refractivity contribution in [3.8, 4) is 0 Å². The fraction of sp³-hybridized carbons (Fsp3) is 0.484. The Kier molecular flexibility index (Phi) is 27.5. The third-order valence-corrected chi connectivity index (χ3v) is 25.8. The Balaban J connectivity index is 0.874. The minimum atomic E-state index is -5.84. The highest BCUT2D eigenvalue weighted by atomic mass is 32.2. The zero-order valence-electron chi connectivity index (χ0n) is 57.6. The van der Waals surface area contributed by atoms with Gasteiger partial charge in [0.2, 0.25) is 11.6 Å². The van der Waals surface area contributed by atoms with Gasteiger partial charge in [-0.05, 0) is 136 Å². The molecule has 1 saturated heterocycles. The SMILES string of the molecule is CC1(C)C(=CC=CC=CC2=[N+](CCCCCC(=O)CC(CCCCN)C(=O)NCCCCCCOP(=O)(O)OP(=O)(O)OP(=O)(O)OC[C@H]3O[C@@H](n4ccc(N)nc4=O)CC3O)c3ccc4c(S(=O)(=O)O)cc(S(=O)(=O)O)cc4c3C2(C)C)N(CCCS(=O)(=O)O)c2ccc3ccc(S(=O)(=O)O)cc3c21. The van der Waals surface area contributed by atoms with Gasteiger partial charge >= 0.3 is 29.2 Å². The first kappa shape index (κ1) is 84.5. The van der Waals surface area contributed by atoms with Gasteiger partial charge < -0.3 is 46.2 Å². The van der Waals surface area contributed by atoms with Gasteiger partial charge in [-0.3, -0.25) is 41.4 Å². The Bertz CT molecular complexity index is 4950. The van der Waals surface area contributed by atoms with Gasteiger partial charge in [0.25, 0.3) is 40.5 Å². The molecule has 105 heavy (non-hydrogen) atoms. The molecule has 3 aliphatic heterocycles. The molecule has 5 unspecified atom stereocenters. The molecule has 0 radical (unpaired) electrons. The number of amides is 1. The maximum absolute atomic E-state index is 13.6. The first-order valence-corrected chi connectivity index (χ1v) is 43.7. The highest BCUT2D eigenvalue weighted by Gasteiger charge is 2.48. The van der Waals surface area contributed by atoms with Crippen molar-refractivity contribution in [2.45, 2.75) is 162 Å². The van der Waals surface area contributed by atoms with Crippen LogP contribution in [0.15, 0.2) is 122 Å². The van der Waals surface area contributed by atoms with Crippen LogP contribution in [0.5, 0.6) is 0 Å². The summed E-state index contributed by atoms with van der Waals surface area (Å²) in [7, 11) is -35.8. The molecule has 13 N–H and O–H groups in total. The van der Waals surface area contributed by atoms with Gasteiger partial charge in [-0.15, -0.1) is 0 Å². The molecule has 34 nitrogen and oxygen atoms in total. The zero-order chi connectivity index (χ0) is 77.5. The van der Waals surface area contributed by atoms with Crippen LogP contribution >= 0.6 is 23.5 Å². The normalized spacial score (nSPS) is 20.1. The number of fused-ring (bicyclic) bond motifs is 6. The number of nitrogen functional groups attached to an aromatic ring is 1. The molecule has 3 aliphatic rings. The second kappa shape index (κ2) is 34.2. The van der Waals surface area contributed by atoms with E-state index in [1.54, 1.807) is 48.6 Å². The first-order chi connectivity index (χ1) is 48.8. The Labute approximate surface area is 607 Å². The average molecular weight is 1610 g/mol. The van der Waals surface area contributed by atoms with Gasteiger partial charge in [0.1, 0.15) is 35.4 Å². The lowest BCUT2D eigenvalue weighted by molar-refractivity contribution is -0.438.